The lowest BCUT2D eigenvalue weighted by molar-refractivity contribution is 0.685. The molecule has 82 valence electrons. The van der Waals surface area contributed by atoms with E-state index in [0.29, 0.717) is 0 Å². The molecule has 0 saturated carbocycles. The van der Waals surface area contributed by atoms with Crippen LogP contribution < -0.4 is 0 Å². The molecule has 1 aromatic carbocycles. The molecule has 0 spiro atoms. The monoisotopic (exact) mass is 224 g/mol. The van der Waals surface area contributed by atoms with Crippen LogP contribution in [-0.2, 0) is 5.75 Å². The third-order valence-electron chi connectivity index (χ3n) is 2.08. The number of benzene rings is 1. The van der Waals surface area contributed by atoms with Gasteiger partial charge in [-0.3, -0.25) is 0 Å². The number of hydrogen-bond donors (Lipinski definition) is 0. The molecule has 0 nitrogen and oxygen atoms in total. The summed E-state index contributed by atoms with van der Waals surface area (Å²) in [6.07, 6.45) is 4.73. The number of thioether (sulfide) groups is 1. The Hall–Kier alpha value is -0.760. The van der Waals surface area contributed by atoms with E-state index in [9.17, 15) is 4.39 Å². The molecule has 0 aliphatic rings. The maximum Gasteiger partial charge on any atom is 0.152 e. The standard InChI is InChI=1S/C13H17FS/c1-2-3-5-10-13(14)15-11-12-8-6-4-7-9-12/h4,6-10H,2-3,5,11H2,1H3/b13-10-. The minimum atomic E-state index is -0.0488. The highest BCUT2D eigenvalue weighted by atomic mass is 32.2. The first-order valence-electron chi connectivity index (χ1n) is 5.35. The van der Waals surface area contributed by atoms with Crippen molar-refractivity contribution in [1.82, 2.24) is 0 Å². The zero-order chi connectivity index (χ0) is 10.9. The third-order valence-corrected chi connectivity index (χ3v) is 3.00. The highest BCUT2D eigenvalue weighted by Crippen LogP contribution is 2.22. The van der Waals surface area contributed by atoms with Gasteiger partial charge in [-0.25, -0.2) is 0 Å². The van der Waals surface area contributed by atoms with Crippen molar-refractivity contribution in [2.75, 3.05) is 0 Å². The average Bonchev–Trinajstić information content (AvgIpc) is 2.28. The second-order valence-corrected chi connectivity index (χ2v) is 4.39. The van der Waals surface area contributed by atoms with Crippen molar-refractivity contribution < 1.29 is 4.39 Å². The molecule has 0 amide bonds. The van der Waals surface area contributed by atoms with Crippen LogP contribution in [-0.4, -0.2) is 0 Å². The summed E-state index contributed by atoms with van der Waals surface area (Å²) in [7, 11) is 0. The minimum absolute atomic E-state index is 0.0488. The zero-order valence-electron chi connectivity index (χ0n) is 9.08. The number of rotatable bonds is 6. The van der Waals surface area contributed by atoms with E-state index in [2.05, 4.69) is 6.92 Å². The van der Waals surface area contributed by atoms with Gasteiger partial charge in [0.2, 0.25) is 0 Å². The molecule has 0 unspecified atom stereocenters. The molecule has 0 radical (unpaired) electrons. The second kappa shape index (κ2) is 7.52. The van der Waals surface area contributed by atoms with Gasteiger partial charge in [0, 0.05) is 5.75 Å². The van der Waals surface area contributed by atoms with Gasteiger partial charge in [-0.05, 0) is 24.5 Å². The Kier molecular flexibility index (Phi) is 6.17. The molecule has 0 aliphatic heterocycles. The Bertz CT molecular complexity index is 293. The van der Waals surface area contributed by atoms with E-state index in [0.717, 1.165) is 25.0 Å². The van der Waals surface area contributed by atoms with Crippen LogP contribution >= 0.6 is 11.8 Å². The topological polar surface area (TPSA) is 0 Å². The summed E-state index contributed by atoms with van der Waals surface area (Å²) >= 11 is 1.27. The molecule has 2 heteroatoms. The normalized spacial score (nSPS) is 11.7. The quantitative estimate of drug-likeness (QED) is 0.618. The van der Waals surface area contributed by atoms with E-state index in [1.807, 2.05) is 30.3 Å². The third kappa shape index (κ3) is 5.63. The Morgan fingerprint density at radius 2 is 2.07 bits per heavy atom. The highest BCUT2D eigenvalue weighted by molar-refractivity contribution is 8.02. The van der Waals surface area contributed by atoms with Gasteiger partial charge in [-0.15, -0.1) is 0 Å². The van der Waals surface area contributed by atoms with Crippen molar-refractivity contribution in [2.45, 2.75) is 31.9 Å². The van der Waals surface area contributed by atoms with Crippen LogP contribution in [0.25, 0.3) is 0 Å². The van der Waals surface area contributed by atoms with Gasteiger partial charge in [0.15, 0.2) is 5.16 Å². The van der Waals surface area contributed by atoms with Crippen LogP contribution in [0.2, 0.25) is 0 Å². The van der Waals surface area contributed by atoms with Crippen LogP contribution in [0.3, 0.4) is 0 Å². The van der Waals surface area contributed by atoms with E-state index in [4.69, 9.17) is 0 Å². The molecule has 0 saturated heterocycles. The molecule has 0 heterocycles. The van der Waals surface area contributed by atoms with E-state index in [1.165, 1.54) is 17.3 Å². The fourth-order valence-corrected chi connectivity index (χ4v) is 1.94. The van der Waals surface area contributed by atoms with Crippen molar-refractivity contribution >= 4 is 11.8 Å². The van der Waals surface area contributed by atoms with Gasteiger partial charge in [-0.1, -0.05) is 55.4 Å². The maximum atomic E-state index is 13.2. The molecule has 0 fully saturated rings. The van der Waals surface area contributed by atoms with Crippen molar-refractivity contribution in [3.05, 3.63) is 47.1 Å². The molecule has 1 rings (SSSR count). The first-order chi connectivity index (χ1) is 7.33. The van der Waals surface area contributed by atoms with E-state index < -0.39 is 0 Å². The number of hydrogen-bond acceptors (Lipinski definition) is 1. The van der Waals surface area contributed by atoms with Crippen molar-refractivity contribution in [3.63, 3.8) is 0 Å². The fraction of sp³-hybridized carbons (Fsp3) is 0.385. The number of halogens is 1. The van der Waals surface area contributed by atoms with Crippen LogP contribution in [0.15, 0.2) is 41.6 Å². The van der Waals surface area contributed by atoms with Crippen LogP contribution in [0, 0.1) is 0 Å². The number of unbranched alkanes of at least 4 members (excludes halogenated alkanes) is 2. The van der Waals surface area contributed by atoms with Gasteiger partial charge in [0.05, 0.1) is 0 Å². The molecule has 0 atom stereocenters. The van der Waals surface area contributed by atoms with Gasteiger partial charge < -0.3 is 0 Å². The SMILES string of the molecule is CCCC/C=C(/F)SCc1ccccc1. The van der Waals surface area contributed by atoms with E-state index in [-0.39, 0.29) is 5.16 Å². The molecule has 0 aromatic heterocycles. The van der Waals surface area contributed by atoms with Crippen LogP contribution in [0.5, 0.6) is 0 Å². The average molecular weight is 224 g/mol. The summed E-state index contributed by atoms with van der Waals surface area (Å²) in [5, 5.41) is -0.0488. The second-order valence-electron chi connectivity index (χ2n) is 3.42. The Balaban J connectivity index is 2.28. The summed E-state index contributed by atoms with van der Waals surface area (Å²) < 4.78 is 13.2. The van der Waals surface area contributed by atoms with E-state index >= 15 is 0 Å². The van der Waals surface area contributed by atoms with Crippen molar-refractivity contribution in [1.29, 1.82) is 0 Å². The van der Waals surface area contributed by atoms with E-state index in [1.54, 1.807) is 6.08 Å². The molecular weight excluding hydrogens is 207 g/mol. The lowest BCUT2D eigenvalue weighted by Crippen LogP contribution is -1.78. The Morgan fingerprint density at radius 3 is 2.73 bits per heavy atom. The summed E-state index contributed by atoms with van der Waals surface area (Å²) in [5.74, 6) is 0.718. The van der Waals surface area contributed by atoms with Crippen molar-refractivity contribution in [2.24, 2.45) is 0 Å². The summed E-state index contributed by atoms with van der Waals surface area (Å²) in [5.41, 5.74) is 1.17. The van der Waals surface area contributed by atoms with Gasteiger partial charge in [-0.2, -0.15) is 4.39 Å². The Labute approximate surface area is 95.6 Å². The summed E-state index contributed by atoms with van der Waals surface area (Å²) in [6.45, 7) is 2.11. The first kappa shape index (κ1) is 12.3. The summed E-state index contributed by atoms with van der Waals surface area (Å²) in [4.78, 5) is 0. The Morgan fingerprint density at radius 1 is 1.33 bits per heavy atom. The zero-order valence-corrected chi connectivity index (χ0v) is 9.90. The fourth-order valence-electron chi connectivity index (χ4n) is 1.21. The molecule has 1 aromatic rings. The lowest BCUT2D eigenvalue weighted by Gasteiger charge is -1.99. The number of allylic oxidation sites excluding steroid dienone is 1. The molecule has 0 bridgehead atoms. The van der Waals surface area contributed by atoms with Gasteiger partial charge in [0.25, 0.3) is 0 Å². The molecule has 0 aliphatic carbocycles. The predicted octanol–water partition coefficient (Wildman–Crippen LogP) is 4.92. The maximum absolute atomic E-state index is 13.2. The largest absolute Gasteiger partial charge is 0.200 e. The van der Waals surface area contributed by atoms with Crippen LogP contribution in [0.4, 0.5) is 4.39 Å². The minimum Gasteiger partial charge on any atom is -0.200 e. The lowest BCUT2D eigenvalue weighted by atomic mass is 10.2. The molecule has 15 heavy (non-hydrogen) atoms. The summed E-state index contributed by atoms with van der Waals surface area (Å²) in [6, 6.07) is 9.98. The smallest absolute Gasteiger partial charge is 0.152 e. The van der Waals surface area contributed by atoms with Gasteiger partial charge in [0.1, 0.15) is 0 Å². The predicted molar refractivity (Wildman–Crippen MR) is 66.5 cm³/mol. The van der Waals surface area contributed by atoms with Crippen molar-refractivity contribution in [3.8, 4) is 0 Å². The molecule has 0 N–H and O–H groups in total. The highest BCUT2D eigenvalue weighted by Gasteiger charge is 1.96. The molecular formula is C13H17FS. The van der Waals surface area contributed by atoms with Gasteiger partial charge >= 0.3 is 0 Å². The van der Waals surface area contributed by atoms with Crippen LogP contribution in [0.1, 0.15) is 31.7 Å². The first-order valence-corrected chi connectivity index (χ1v) is 6.34.